The van der Waals surface area contributed by atoms with E-state index in [1.54, 1.807) is 18.2 Å². The number of halogens is 3. The number of nitrogens with zero attached hydrogens (tertiary/aromatic N) is 4. The predicted octanol–water partition coefficient (Wildman–Crippen LogP) is 3.90. The van der Waals surface area contributed by atoms with Crippen LogP contribution in [0.3, 0.4) is 0 Å². The van der Waals surface area contributed by atoms with E-state index in [-0.39, 0.29) is 16.5 Å². The van der Waals surface area contributed by atoms with E-state index < -0.39 is 21.7 Å². The summed E-state index contributed by atoms with van der Waals surface area (Å²) >= 11 is 0. The summed E-state index contributed by atoms with van der Waals surface area (Å²) in [6.45, 7) is 0. The van der Waals surface area contributed by atoms with Gasteiger partial charge in [-0.1, -0.05) is 36.4 Å². The summed E-state index contributed by atoms with van der Waals surface area (Å²) in [6, 6.07) is 13.6. The third kappa shape index (κ3) is 3.70. The smallest absolute Gasteiger partial charge is 0.224 e. The van der Waals surface area contributed by atoms with Gasteiger partial charge in [0, 0.05) is 11.8 Å². The van der Waals surface area contributed by atoms with Gasteiger partial charge in [0.25, 0.3) is 5.95 Å². The molecule has 10 heteroatoms. The molecule has 0 spiro atoms. The first kappa shape index (κ1) is 19.1. The Hall–Kier alpha value is -3.27. The van der Waals surface area contributed by atoms with E-state index >= 15 is 0 Å². The summed E-state index contributed by atoms with van der Waals surface area (Å²) < 4.78 is 64.0. The normalized spacial score (nSPS) is 12.4. The van der Waals surface area contributed by atoms with Gasteiger partial charge in [-0.15, -0.1) is 0 Å². The molecule has 0 aliphatic heterocycles. The molecule has 29 heavy (non-hydrogen) atoms. The van der Waals surface area contributed by atoms with Gasteiger partial charge in [0.2, 0.25) is 0 Å². The molecule has 2 heterocycles. The van der Waals surface area contributed by atoms with Gasteiger partial charge in [-0.3, -0.25) is 0 Å². The van der Waals surface area contributed by atoms with Gasteiger partial charge in [-0.2, -0.15) is 23.0 Å². The minimum Gasteiger partial charge on any atom is -0.224 e. The lowest BCUT2D eigenvalue weighted by molar-refractivity contribution is -0.141. The molecule has 0 radical (unpaired) electrons. The maximum Gasteiger partial charge on any atom is 0.435 e. The fourth-order valence-electron chi connectivity index (χ4n) is 2.84. The summed E-state index contributed by atoms with van der Waals surface area (Å²) in [5.41, 5.74) is -0.478. The van der Waals surface area contributed by atoms with Crippen molar-refractivity contribution in [3.8, 4) is 17.2 Å². The van der Waals surface area contributed by atoms with E-state index in [1.165, 1.54) is 0 Å². The van der Waals surface area contributed by atoms with Crippen LogP contribution in [0.2, 0.25) is 0 Å². The maximum absolute atomic E-state index is 13.3. The molecule has 0 amide bonds. The first-order chi connectivity index (χ1) is 13.6. The molecule has 0 N–H and O–H groups in total. The second-order valence-electron chi connectivity index (χ2n) is 6.38. The number of benzene rings is 2. The number of aromatic nitrogens is 4. The number of alkyl halides is 3. The number of hydrogen-bond acceptors (Lipinski definition) is 5. The van der Waals surface area contributed by atoms with Gasteiger partial charge in [-0.05, 0) is 22.9 Å². The highest BCUT2D eigenvalue weighted by Crippen LogP contribution is 2.33. The van der Waals surface area contributed by atoms with Crippen molar-refractivity contribution in [1.29, 1.82) is 0 Å². The van der Waals surface area contributed by atoms with Crippen LogP contribution in [0.4, 0.5) is 13.2 Å². The second-order valence-corrected chi connectivity index (χ2v) is 8.39. The zero-order valence-corrected chi connectivity index (χ0v) is 15.7. The Morgan fingerprint density at radius 3 is 2.21 bits per heavy atom. The fraction of sp³-hybridized carbons (Fsp3) is 0.105. The molecule has 4 aromatic rings. The molecule has 4 rings (SSSR count). The van der Waals surface area contributed by atoms with E-state index in [0.717, 1.165) is 40.2 Å². The highest BCUT2D eigenvalue weighted by molar-refractivity contribution is 7.90. The molecule has 0 atom stereocenters. The molecule has 0 fully saturated rings. The highest BCUT2D eigenvalue weighted by Gasteiger charge is 2.35. The van der Waals surface area contributed by atoms with Crippen molar-refractivity contribution < 1.29 is 21.6 Å². The average molecular weight is 418 g/mol. The van der Waals surface area contributed by atoms with Crippen molar-refractivity contribution in [3.05, 3.63) is 66.6 Å². The standard InChI is InChI=1S/C19H13F3N4O2S/c1-29(27,28)15-10-23-18(24-11-15)26-16(9-17(25-26)19(20,21)22)14-7-6-12-4-2-3-5-13(12)8-14/h2-11H,1H3. The number of hydrogen-bond donors (Lipinski definition) is 0. The molecular weight excluding hydrogens is 405 g/mol. The van der Waals surface area contributed by atoms with Crippen LogP contribution in [0.5, 0.6) is 0 Å². The fourth-order valence-corrected chi connectivity index (χ4v) is 3.32. The van der Waals surface area contributed by atoms with Crippen LogP contribution < -0.4 is 0 Å². The SMILES string of the molecule is CS(=O)(=O)c1cnc(-n2nc(C(F)(F)F)cc2-c2ccc3ccccc3c2)nc1. The van der Waals surface area contributed by atoms with Gasteiger partial charge < -0.3 is 0 Å². The molecule has 0 aliphatic rings. The highest BCUT2D eigenvalue weighted by atomic mass is 32.2. The van der Waals surface area contributed by atoms with Gasteiger partial charge in [0.05, 0.1) is 18.1 Å². The molecule has 0 aliphatic carbocycles. The Kier molecular flexibility index (Phi) is 4.38. The van der Waals surface area contributed by atoms with Crippen molar-refractivity contribution in [3.63, 3.8) is 0 Å². The Morgan fingerprint density at radius 1 is 0.931 bits per heavy atom. The van der Waals surface area contributed by atoms with Crippen molar-refractivity contribution in [2.45, 2.75) is 11.1 Å². The lowest BCUT2D eigenvalue weighted by atomic mass is 10.0. The van der Waals surface area contributed by atoms with Crippen LogP contribution in [0, 0.1) is 0 Å². The van der Waals surface area contributed by atoms with Crippen LogP contribution >= 0.6 is 0 Å². The van der Waals surface area contributed by atoms with E-state index in [2.05, 4.69) is 15.1 Å². The van der Waals surface area contributed by atoms with E-state index in [1.807, 2.05) is 24.3 Å². The largest absolute Gasteiger partial charge is 0.435 e. The van der Waals surface area contributed by atoms with E-state index in [0.29, 0.717) is 5.56 Å². The van der Waals surface area contributed by atoms with Gasteiger partial charge in [0.1, 0.15) is 4.90 Å². The summed E-state index contributed by atoms with van der Waals surface area (Å²) in [6.07, 6.45) is -1.60. The quantitative estimate of drug-likeness (QED) is 0.504. The Labute approximate surface area is 163 Å². The van der Waals surface area contributed by atoms with Crippen LogP contribution in [-0.4, -0.2) is 34.4 Å². The van der Waals surface area contributed by atoms with Crippen LogP contribution in [0.15, 0.2) is 65.8 Å². The van der Waals surface area contributed by atoms with Crippen LogP contribution in [0.1, 0.15) is 5.69 Å². The van der Waals surface area contributed by atoms with E-state index in [9.17, 15) is 21.6 Å². The summed E-state index contributed by atoms with van der Waals surface area (Å²) in [7, 11) is -3.54. The lowest BCUT2D eigenvalue weighted by Crippen LogP contribution is -2.10. The number of sulfone groups is 1. The van der Waals surface area contributed by atoms with Crippen LogP contribution in [-0.2, 0) is 16.0 Å². The third-order valence-corrected chi connectivity index (χ3v) is 5.34. The first-order valence-electron chi connectivity index (χ1n) is 8.32. The lowest BCUT2D eigenvalue weighted by Gasteiger charge is -2.07. The van der Waals surface area contributed by atoms with Crippen molar-refractivity contribution in [2.75, 3.05) is 6.26 Å². The third-order valence-electron chi connectivity index (χ3n) is 4.28. The minimum absolute atomic E-state index is 0.134. The molecular formula is C19H13F3N4O2S. The predicted molar refractivity (Wildman–Crippen MR) is 100 cm³/mol. The monoisotopic (exact) mass is 418 g/mol. The molecule has 2 aromatic carbocycles. The number of fused-ring (bicyclic) bond motifs is 1. The minimum atomic E-state index is -4.66. The maximum atomic E-state index is 13.3. The van der Waals surface area contributed by atoms with Gasteiger partial charge in [-0.25, -0.2) is 18.4 Å². The zero-order chi connectivity index (χ0) is 20.8. The van der Waals surface area contributed by atoms with E-state index in [4.69, 9.17) is 0 Å². The van der Waals surface area contributed by atoms with Crippen LogP contribution in [0.25, 0.3) is 28.0 Å². The Morgan fingerprint density at radius 2 is 1.59 bits per heavy atom. The van der Waals surface area contributed by atoms with Gasteiger partial charge in [0.15, 0.2) is 15.5 Å². The molecule has 0 saturated carbocycles. The van der Waals surface area contributed by atoms with Crippen molar-refractivity contribution >= 4 is 20.6 Å². The Balaban J connectivity index is 1.90. The van der Waals surface area contributed by atoms with Crippen molar-refractivity contribution in [1.82, 2.24) is 19.7 Å². The first-order valence-corrected chi connectivity index (χ1v) is 10.2. The number of rotatable bonds is 3. The molecule has 0 saturated heterocycles. The summed E-state index contributed by atoms with van der Waals surface area (Å²) in [4.78, 5) is 7.66. The summed E-state index contributed by atoms with van der Waals surface area (Å²) in [5.74, 6) is -0.170. The van der Waals surface area contributed by atoms with Crippen molar-refractivity contribution in [2.24, 2.45) is 0 Å². The average Bonchev–Trinajstić information content (AvgIpc) is 3.13. The molecule has 6 nitrogen and oxygen atoms in total. The topological polar surface area (TPSA) is 77.7 Å². The summed E-state index contributed by atoms with van der Waals surface area (Å²) in [5, 5.41) is 5.40. The zero-order valence-electron chi connectivity index (χ0n) is 14.9. The molecule has 0 bridgehead atoms. The van der Waals surface area contributed by atoms with Gasteiger partial charge >= 0.3 is 6.18 Å². The molecule has 148 valence electrons. The molecule has 2 aromatic heterocycles. The second kappa shape index (κ2) is 6.66. The Bertz CT molecular complexity index is 1310. The molecule has 0 unspecified atom stereocenters.